The quantitative estimate of drug-likeness (QED) is 0.797. The van der Waals surface area contributed by atoms with E-state index in [0.29, 0.717) is 13.0 Å². The fourth-order valence-corrected chi connectivity index (χ4v) is 1.78. The molecule has 16 heavy (non-hydrogen) atoms. The van der Waals surface area contributed by atoms with Crippen LogP contribution in [0.15, 0.2) is 23.0 Å². The van der Waals surface area contributed by atoms with Crippen molar-refractivity contribution in [2.45, 2.75) is 31.8 Å². The van der Waals surface area contributed by atoms with Crippen LogP contribution in [0, 0.1) is 5.92 Å². The summed E-state index contributed by atoms with van der Waals surface area (Å²) < 4.78 is 4.88. The van der Waals surface area contributed by atoms with E-state index in [9.17, 15) is 9.90 Å². The number of amides is 1. The van der Waals surface area contributed by atoms with Gasteiger partial charge in [0.15, 0.2) is 0 Å². The number of furan rings is 1. The van der Waals surface area contributed by atoms with Crippen LogP contribution in [-0.4, -0.2) is 17.6 Å². The van der Waals surface area contributed by atoms with Crippen molar-refractivity contribution >= 4 is 5.91 Å². The number of carbonyl (C=O) groups excluding carboxylic acids is 1. The molecule has 0 spiro atoms. The Hall–Kier alpha value is -1.29. The summed E-state index contributed by atoms with van der Waals surface area (Å²) in [6, 6.07) is 1.73. The number of carbonyl (C=O) groups is 1. The lowest BCUT2D eigenvalue weighted by atomic mass is 9.85. The maximum atomic E-state index is 11.5. The van der Waals surface area contributed by atoms with Crippen LogP contribution < -0.4 is 5.32 Å². The minimum absolute atomic E-state index is 0.130. The van der Waals surface area contributed by atoms with Crippen LogP contribution in [0.25, 0.3) is 0 Å². The van der Waals surface area contributed by atoms with Gasteiger partial charge in [-0.1, -0.05) is 6.42 Å². The Labute approximate surface area is 94.6 Å². The van der Waals surface area contributed by atoms with E-state index in [0.717, 1.165) is 24.8 Å². The molecule has 1 unspecified atom stereocenters. The van der Waals surface area contributed by atoms with Crippen molar-refractivity contribution < 1.29 is 14.3 Å². The third-order valence-corrected chi connectivity index (χ3v) is 3.12. The van der Waals surface area contributed by atoms with Gasteiger partial charge in [0.1, 0.15) is 0 Å². The lowest BCUT2D eigenvalue weighted by Gasteiger charge is -2.24. The highest BCUT2D eigenvalue weighted by molar-refractivity contribution is 5.79. The van der Waals surface area contributed by atoms with Gasteiger partial charge < -0.3 is 14.8 Å². The zero-order chi connectivity index (χ0) is 11.4. The molecule has 0 radical (unpaired) electrons. The lowest BCUT2D eigenvalue weighted by Crippen LogP contribution is -2.35. The van der Waals surface area contributed by atoms with Gasteiger partial charge in [0.05, 0.1) is 18.6 Å². The number of nitrogens with one attached hydrogen (secondary N) is 1. The third kappa shape index (κ3) is 2.64. The summed E-state index contributed by atoms with van der Waals surface area (Å²) in [5.74, 6) is 0.344. The Morgan fingerprint density at radius 1 is 1.62 bits per heavy atom. The topological polar surface area (TPSA) is 62.5 Å². The van der Waals surface area contributed by atoms with E-state index in [1.807, 2.05) is 0 Å². The summed E-state index contributed by atoms with van der Waals surface area (Å²) in [6.45, 7) is 0.516. The SMILES string of the molecule is O=C(NCCC(O)c1ccoc1)C1CCC1. The zero-order valence-electron chi connectivity index (χ0n) is 9.19. The minimum atomic E-state index is -0.555. The van der Waals surface area contributed by atoms with Gasteiger partial charge in [-0.25, -0.2) is 0 Å². The number of hydrogen-bond acceptors (Lipinski definition) is 3. The maximum Gasteiger partial charge on any atom is 0.223 e. The Bertz CT molecular complexity index is 330. The van der Waals surface area contributed by atoms with Crippen molar-refractivity contribution in [3.63, 3.8) is 0 Å². The van der Waals surface area contributed by atoms with E-state index < -0.39 is 6.10 Å². The summed E-state index contributed by atoms with van der Waals surface area (Å²) in [6.07, 6.45) is 6.21. The van der Waals surface area contributed by atoms with Gasteiger partial charge in [-0.2, -0.15) is 0 Å². The zero-order valence-corrected chi connectivity index (χ0v) is 9.19. The molecule has 1 aromatic heterocycles. The molecule has 0 aromatic carbocycles. The highest BCUT2D eigenvalue weighted by atomic mass is 16.3. The van der Waals surface area contributed by atoms with E-state index in [1.165, 1.54) is 12.5 Å². The van der Waals surface area contributed by atoms with Crippen molar-refractivity contribution in [3.8, 4) is 0 Å². The minimum Gasteiger partial charge on any atom is -0.472 e. The molecule has 0 saturated heterocycles. The first kappa shape index (κ1) is 11.2. The van der Waals surface area contributed by atoms with Crippen molar-refractivity contribution in [3.05, 3.63) is 24.2 Å². The second-order valence-electron chi connectivity index (χ2n) is 4.28. The van der Waals surface area contributed by atoms with Crippen LogP contribution in [0.4, 0.5) is 0 Å². The first-order chi connectivity index (χ1) is 7.77. The molecule has 1 aromatic rings. The molecule has 1 amide bonds. The number of aliphatic hydroxyl groups is 1. The number of hydrogen-bond donors (Lipinski definition) is 2. The summed E-state index contributed by atoms with van der Waals surface area (Å²) >= 11 is 0. The third-order valence-electron chi connectivity index (χ3n) is 3.12. The standard InChI is InChI=1S/C12H17NO3/c14-11(10-5-7-16-8-10)4-6-13-12(15)9-2-1-3-9/h5,7-9,11,14H,1-4,6H2,(H,13,15). The van der Waals surface area contributed by atoms with Crippen LogP contribution in [0.2, 0.25) is 0 Å². The predicted molar refractivity (Wildman–Crippen MR) is 58.6 cm³/mol. The van der Waals surface area contributed by atoms with Crippen LogP contribution in [0.3, 0.4) is 0 Å². The molecular formula is C12H17NO3. The number of aliphatic hydroxyl groups excluding tert-OH is 1. The molecule has 1 heterocycles. The molecule has 1 fully saturated rings. The van der Waals surface area contributed by atoms with Crippen LogP contribution in [0.5, 0.6) is 0 Å². The number of rotatable bonds is 5. The van der Waals surface area contributed by atoms with Gasteiger partial charge in [-0.05, 0) is 25.3 Å². The molecule has 1 aliphatic carbocycles. The van der Waals surface area contributed by atoms with Crippen LogP contribution in [-0.2, 0) is 4.79 Å². The Kier molecular flexibility index (Phi) is 3.62. The molecule has 4 nitrogen and oxygen atoms in total. The molecule has 1 saturated carbocycles. The monoisotopic (exact) mass is 223 g/mol. The molecule has 0 bridgehead atoms. The normalized spacial score (nSPS) is 17.8. The highest BCUT2D eigenvalue weighted by Gasteiger charge is 2.24. The Morgan fingerprint density at radius 2 is 2.44 bits per heavy atom. The van der Waals surface area contributed by atoms with Crippen LogP contribution in [0.1, 0.15) is 37.4 Å². The van der Waals surface area contributed by atoms with E-state index in [4.69, 9.17) is 4.42 Å². The maximum absolute atomic E-state index is 11.5. The van der Waals surface area contributed by atoms with Crippen LogP contribution >= 0.6 is 0 Å². The first-order valence-electron chi connectivity index (χ1n) is 5.75. The van der Waals surface area contributed by atoms with E-state index >= 15 is 0 Å². The van der Waals surface area contributed by atoms with E-state index in [2.05, 4.69) is 5.32 Å². The average Bonchev–Trinajstić information content (AvgIpc) is 2.67. The summed E-state index contributed by atoms with van der Waals surface area (Å²) in [4.78, 5) is 11.5. The van der Waals surface area contributed by atoms with Gasteiger partial charge >= 0.3 is 0 Å². The Morgan fingerprint density at radius 3 is 3.00 bits per heavy atom. The molecular weight excluding hydrogens is 206 g/mol. The van der Waals surface area contributed by atoms with Crippen molar-refractivity contribution in [2.24, 2.45) is 5.92 Å². The smallest absolute Gasteiger partial charge is 0.223 e. The fourth-order valence-electron chi connectivity index (χ4n) is 1.78. The lowest BCUT2D eigenvalue weighted by molar-refractivity contribution is -0.127. The van der Waals surface area contributed by atoms with Crippen molar-refractivity contribution in [1.82, 2.24) is 5.32 Å². The van der Waals surface area contributed by atoms with E-state index in [-0.39, 0.29) is 11.8 Å². The molecule has 1 atom stereocenters. The molecule has 4 heteroatoms. The summed E-state index contributed by atoms with van der Waals surface area (Å²) in [5.41, 5.74) is 0.762. The average molecular weight is 223 g/mol. The van der Waals surface area contributed by atoms with Gasteiger partial charge in [-0.15, -0.1) is 0 Å². The van der Waals surface area contributed by atoms with Gasteiger partial charge in [-0.3, -0.25) is 4.79 Å². The second kappa shape index (κ2) is 5.16. The van der Waals surface area contributed by atoms with Gasteiger partial charge in [0, 0.05) is 18.0 Å². The second-order valence-corrected chi connectivity index (χ2v) is 4.28. The van der Waals surface area contributed by atoms with E-state index in [1.54, 1.807) is 6.07 Å². The molecule has 88 valence electrons. The largest absolute Gasteiger partial charge is 0.472 e. The molecule has 0 aliphatic heterocycles. The van der Waals surface area contributed by atoms with Gasteiger partial charge in [0.25, 0.3) is 0 Å². The summed E-state index contributed by atoms with van der Waals surface area (Å²) in [7, 11) is 0. The Balaban J connectivity index is 1.65. The highest BCUT2D eigenvalue weighted by Crippen LogP contribution is 2.26. The first-order valence-corrected chi connectivity index (χ1v) is 5.75. The predicted octanol–water partition coefficient (Wildman–Crippen LogP) is 1.62. The molecule has 2 N–H and O–H groups in total. The molecule has 1 aliphatic rings. The fraction of sp³-hybridized carbons (Fsp3) is 0.583. The molecule has 2 rings (SSSR count). The van der Waals surface area contributed by atoms with Crippen molar-refractivity contribution in [1.29, 1.82) is 0 Å². The van der Waals surface area contributed by atoms with Gasteiger partial charge in [0.2, 0.25) is 5.91 Å². The van der Waals surface area contributed by atoms with Crippen molar-refractivity contribution in [2.75, 3.05) is 6.54 Å². The summed E-state index contributed by atoms with van der Waals surface area (Å²) in [5, 5.41) is 12.6.